The zero-order chi connectivity index (χ0) is 27.6. The van der Waals surface area contributed by atoms with E-state index in [1.165, 1.54) is 24.3 Å². The number of carboxylic acid groups (broad SMARTS) is 1. The molecule has 6 aromatic rings. The molecule has 0 aliphatic carbocycles. The van der Waals surface area contributed by atoms with Crippen molar-refractivity contribution in [3.8, 4) is 11.1 Å². The Morgan fingerprint density at radius 1 is 0.800 bits per heavy atom. The Bertz CT molecular complexity index is 1890. The van der Waals surface area contributed by atoms with E-state index in [4.69, 9.17) is 5.11 Å². The van der Waals surface area contributed by atoms with E-state index in [1.807, 2.05) is 22.6 Å². The molecule has 0 aliphatic rings. The quantitative estimate of drug-likeness (QED) is 0.247. The van der Waals surface area contributed by atoms with Crippen LogP contribution in [0.25, 0.3) is 27.4 Å². The normalized spacial score (nSPS) is 11.1. The van der Waals surface area contributed by atoms with Gasteiger partial charge in [0.25, 0.3) is 5.91 Å². The minimum Gasteiger partial charge on any atom is -0.478 e. The first-order chi connectivity index (χ1) is 19.4. The van der Waals surface area contributed by atoms with Crippen LogP contribution in [0.3, 0.4) is 0 Å². The molecule has 196 valence electrons. The smallest absolute Gasteiger partial charge is 0.335 e. The molecular weight excluding hydrogens is 505 g/mol. The summed E-state index contributed by atoms with van der Waals surface area (Å²) in [4.78, 5) is 29.4. The van der Waals surface area contributed by atoms with E-state index < -0.39 is 5.97 Å². The van der Waals surface area contributed by atoms with E-state index in [0.29, 0.717) is 34.6 Å². The number of nitrogens with one attached hydrogen (secondary N) is 1. The molecule has 0 aliphatic heterocycles. The summed E-state index contributed by atoms with van der Waals surface area (Å²) in [6, 6.07) is 30.6. The molecule has 0 spiro atoms. The number of carbonyl (C=O) groups excluding carboxylic acids is 1. The van der Waals surface area contributed by atoms with Crippen molar-refractivity contribution in [1.29, 1.82) is 0 Å². The van der Waals surface area contributed by atoms with Crippen molar-refractivity contribution in [3.05, 3.63) is 143 Å². The summed E-state index contributed by atoms with van der Waals surface area (Å²) < 4.78 is 15.9. The van der Waals surface area contributed by atoms with Gasteiger partial charge in [0.15, 0.2) is 0 Å². The number of benzene rings is 4. The van der Waals surface area contributed by atoms with E-state index in [-0.39, 0.29) is 23.8 Å². The van der Waals surface area contributed by atoms with Crippen molar-refractivity contribution in [3.63, 3.8) is 0 Å². The number of halogens is 1. The SMILES string of the molecule is O=C(O)c1ccc(CNC(=O)c2cc(-c3cccc(F)c3)cc3cnc(Cc4ccc5ccccc5c4)n23)cc1. The van der Waals surface area contributed by atoms with Crippen LogP contribution in [0, 0.1) is 5.82 Å². The molecule has 1 amide bonds. The zero-order valence-corrected chi connectivity index (χ0v) is 21.3. The first-order valence-corrected chi connectivity index (χ1v) is 12.8. The molecule has 0 radical (unpaired) electrons. The average molecular weight is 530 g/mol. The van der Waals surface area contributed by atoms with Crippen LogP contribution in [0.2, 0.25) is 0 Å². The monoisotopic (exact) mass is 529 g/mol. The Labute approximate surface area is 229 Å². The van der Waals surface area contributed by atoms with Crippen molar-refractivity contribution < 1.29 is 19.1 Å². The molecule has 0 atom stereocenters. The van der Waals surface area contributed by atoms with E-state index in [2.05, 4.69) is 40.6 Å². The van der Waals surface area contributed by atoms with E-state index >= 15 is 0 Å². The van der Waals surface area contributed by atoms with E-state index in [9.17, 15) is 14.0 Å². The number of nitrogens with zero attached hydrogens (tertiary/aromatic N) is 2. The number of aromatic carboxylic acids is 1. The Kier molecular flexibility index (Phi) is 6.54. The van der Waals surface area contributed by atoms with Crippen LogP contribution in [0.4, 0.5) is 4.39 Å². The van der Waals surface area contributed by atoms with Gasteiger partial charge in [-0.25, -0.2) is 14.2 Å². The number of fused-ring (bicyclic) bond motifs is 2. The van der Waals surface area contributed by atoms with Gasteiger partial charge in [-0.2, -0.15) is 0 Å². The highest BCUT2D eigenvalue weighted by atomic mass is 19.1. The summed E-state index contributed by atoms with van der Waals surface area (Å²) in [5.74, 6) is -1.000. The molecule has 2 N–H and O–H groups in total. The largest absolute Gasteiger partial charge is 0.478 e. The second kappa shape index (κ2) is 10.5. The van der Waals surface area contributed by atoms with Gasteiger partial charge in [-0.1, -0.05) is 66.7 Å². The van der Waals surface area contributed by atoms with Gasteiger partial charge in [0, 0.05) is 13.0 Å². The lowest BCUT2D eigenvalue weighted by atomic mass is 10.0. The lowest BCUT2D eigenvalue weighted by molar-refractivity contribution is 0.0696. The maximum Gasteiger partial charge on any atom is 0.335 e. The first kappa shape index (κ1) is 25.0. The van der Waals surface area contributed by atoms with Gasteiger partial charge in [0.1, 0.15) is 17.3 Å². The Balaban J connectivity index is 1.38. The fraction of sp³-hybridized carbons (Fsp3) is 0.0606. The highest BCUT2D eigenvalue weighted by Gasteiger charge is 2.17. The minimum atomic E-state index is -1.01. The number of hydrogen-bond acceptors (Lipinski definition) is 3. The summed E-state index contributed by atoms with van der Waals surface area (Å²) in [5.41, 5.74) is 4.43. The van der Waals surface area contributed by atoms with Crippen LogP contribution >= 0.6 is 0 Å². The number of pyridine rings is 1. The van der Waals surface area contributed by atoms with Gasteiger partial charge in [0.2, 0.25) is 0 Å². The highest BCUT2D eigenvalue weighted by Crippen LogP contribution is 2.26. The molecule has 0 fully saturated rings. The van der Waals surface area contributed by atoms with Crippen LogP contribution in [0.5, 0.6) is 0 Å². The standard InChI is InChI=1S/C33H24FN3O3/c34-28-7-3-6-26(16-28)27-17-29-20-35-31(15-22-10-11-23-4-1-2-5-25(23)14-22)37(29)30(18-27)32(38)36-19-21-8-12-24(13-9-21)33(39)40/h1-14,16-18,20H,15,19H2,(H,36,38)(H,39,40). The molecule has 0 saturated carbocycles. The molecule has 0 bridgehead atoms. The molecule has 6 rings (SSSR count). The van der Waals surface area contributed by atoms with Crippen molar-refractivity contribution in [1.82, 2.24) is 14.7 Å². The fourth-order valence-corrected chi connectivity index (χ4v) is 4.89. The highest BCUT2D eigenvalue weighted by molar-refractivity contribution is 5.95. The number of rotatable bonds is 7. The third kappa shape index (κ3) is 5.05. The van der Waals surface area contributed by atoms with Crippen molar-refractivity contribution in [2.24, 2.45) is 0 Å². The van der Waals surface area contributed by atoms with Crippen molar-refractivity contribution in [2.75, 3.05) is 0 Å². The lowest BCUT2D eigenvalue weighted by Gasteiger charge is -2.13. The number of amides is 1. The summed E-state index contributed by atoms with van der Waals surface area (Å²) >= 11 is 0. The molecule has 2 aromatic heterocycles. The molecule has 0 saturated heterocycles. The molecule has 40 heavy (non-hydrogen) atoms. The topological polar surface area (TPSA) is 83.7 Å². The second-order valence-corrected chi connectivity index (χ2v) is 9.62. The van der Waals surface area contributed by atoms with E-state index in [1.54, 1.807) is 36.5 Å². The van der Waals surface area contributed by atoms with Crippen LogP contribution in [-0.2, 0) is 13.0 Å². The number of carbonyl (C=O) groups is 2. The Hall–Kier alpha value is -5.30. The lowest BCUT2D eigenvalue weighted by Crippen LogP contribution is -2.25. The number of carboxylic acids is 1. The predicted octanol–water partition coefficient (Wildman–Crippen LogP) is 6.51. The third-order valence-electron chi connectivity index (χ3n) is 6.92. The molecule has 2 heterocycles. The molecule has 6 nitrogen and oxygen atoms in total. The molecular formula is C33H24FN3O3. The maximum atomic E-state index is 14.0. The van der Waals surface area contributed by atoms with Gasteiger partial charge >= 0.3 is 5.97 Å². The predicted molar refractivity (Wildman–Crippen MR) is 152 cm³/mol. The zero-order valence-electron chi connectivity index (χ0n) is 21.3. The second-order valence-electron chi connectivity index (χ2n) is 9.62. The molecule has 7 heteroatoms. The minimum absolute atomic E-state index is 0.177. The van der Waals surface area contributed by atoms with Gasteiger partial charge in [0.05, 0.1) is 17.3 Å². The van der Waals surface area contributed by atoms with Crippen LogP contribution in [-0.4, -0.2) is 26.4 Å². The number of aromatic nitrogens is 2. The average Bonchev–Trinajstić information content (AvgIpc) is 3.38. The summed E-state index contributed by atoms with van der Waals surface area (Å²) in [6.45, 7) is 0.207. The van der Waals surface area contributed by atoms with Gasteiger partial charge in [-0.05, 0) is 69.4 Å². The third-order valence-corrected chi connectivity index (χ3v) is 6.92. The summed E-state index contributed by atoms with van der Waals surface area (Å²) in [5, 5.41) is 14.4. The van der Waals surface area contributed by atoms with Crippen LogP contribution in [0.1, 0.15) is 37.8 Å². The fourth-order valence-electron chi connectivity index (χ4n) is 4.89. The summed E-state index contributed by atoms with van der Waals surface area (Å²) in [7, 11) is 0. The molecule has 0 unspecified atom stereocenters. The Morgan fingerprint density at radius 3 is 2.35 bits per heavy atom. The van der Waals surface area contributed by atoms with Crippen molar-refractivity contribution >= 4 is 28.2 Å². The van der Waals surface area contributed by atoms with Crippen LogP contribution in [0.15, 0.2) is 109 Å². The van der Waals surface area contributed by atoms with Gasteiger partial charge in [-0.3, -0.25) is 9.20 Å². The van der Waals surface area contributed by atoms with Gasteiger partial charge < -0.3 is 10.4 Å². The van der Waals surface area contributed by atoms with Gasteiger partial charge in [-0.15, -0.1) is 0 Å². The van der Waals surface area contributed by atoms with Crippen LogP contribution < -0.4 is 5.32 Å². The number of imidazole rings is 1. The first-order valence-electron chi connectivity index (χ1n) is 12.8. The Morgan fingerprint density at radius 2 is 1.57 bits per heavy atom. The van der Waals surface area contributed by atoms with Crippen molar-refractivity contribution in [2.45, 2.75) is 13.0 Å². The maximum absolute atomic E-state index is 14.0. The summed E-state index contributed by atoms with van der Waals surface area (Å²) in [6.07, 6.45) is 2.23. The van der Waals surface area contributed by atoms with E-state index in [0.717, 1.165) is 21.9 Å². The number of hydrogen-bond donors (Lipinski definition) is 2. The molecule has 4 aromatic carbocycles.